The fourth-order valence-corrected chi connectivity index (χ4v) is 4.09. The summed E-state index contributed by atoms with van der Waals surface area (Å²) in [6, 6.07) is 8.69. The lowest BCUT2D eigenvalue weighted by Crippen LogP contribution is -2.47. The number of amides is 1. The van der Waals surface area contributed by atoms with Gasteiger partial charge in [0.15, 0.2) is 0 Å². The highest BCUT2D eigenvalue weighted by atomic mass is 35.5. The molecule has 0 unspecified atom stereocenters. The van der Waals surface area contributed by atoms with Crippen LogP contribution in [0.5, 0.6) is 5.75 Å². The Morgan fingerprint density at radius 1 is 1.28 bits per heavy atom. The first-order chi connectivity index (χ1) is 13.6. The molecule has 9 nitrogen and oxygen atoms in total. The Balaban J connectivity index is 2.53. The third-order valence-electron chi connectivity index (χ3n) is 4.05. The van der Waals surface area contributed by atoms with Gasteiger partial charge < -0.3 is 10.1 Å². The second kappa shape index (κ2) is 9.10. The van der Waals surface area contributed by atoms with E-state index in [1.54, 1.807) is 31.2 Å². The zero-order valence-electron chi connectivity index (χ0n) is 16.0. The summed E-state index contributed by atoms with van der Waals surface area (Å²) in [7, 11) is -2.69. The molecule has 1 atom stereocenters. The molecule has 0 saturated carbocycles. The molecule has 0 saturated heterocycles. The third-order valence-corrected chi connectivity index (χ3v) is 5.47. The SMILES string of the molecule is CC[C@H](C(=O)Nc1ccc(Cl)cc1)N(c1cc([N+](=O)[O-])ccc1OC)S(C)(=O)=O. The average molecular weight is 442 g/mol. The fraction of sp³-hybridized carbons (Fsp3) is 0.278. The number of rotatable bonds is 8. The van der Waals surface area contributed by atoms with Gasteiger partial charge in [0, 0.05) is 22.8 Å². The lowest BCUT2D eigenvalue weighted by Gasteiger charge is -2.30. The van der Waals surface area contributed by atoms with Crippen LogP contribution in [0.3, 0.4) is 0 Å². The van der Waals surface area contributed by atoms with E-state index in [9.17, 15) is 23.3 Å². The molecule has 0 heterocycles. The first kappa shape index (κ1) is 22.4. The molecule has 0 bridgehead atoms. The number of nitro groups is 1. The summed E-state index contributed by atoms with van der Waals surface area (Å²) in [5.74, 6) is -0.521. The van der Waals surface area contributed by atoms with Crippen LogP contribution in [-0.2, 0) is 14.8 Å². The van der Waals surface area contributed by atoms with E-state index in [0.29, 0.717) is 10.7 Å². The number of nitrogens with one attached hydrogen (secondary N) is 1. The number of nitro benzene ring substituents is 1. The van der Waals surface area contributed by atoms with E-state index in [4.69, 9.17) is 16.3 Å². The van der Waals surface area contributed by atoms with Gasteiger partial charge in [0.25, 0.3) is 5.69 Å². The van der Waals surface area contributed by atoms with Gasteiger partial charge in [-0.25, -0.2) is 8.42 Å². The van der Waals surface area contributed by atoms with E-state index >= 15 is 0 Å². The molecule has 0 radical (unpaired) electrons. The van der Waals surface area contributed by atoms with Crippen molar-refractivity contribution in [2.24, 2.45) is 0 Å². The maximum absolute atomic E-state index is 12.9. The van der Waals surface area contributed by atoms with E-state index in [-0.39, 0.29) is 23.5 Å². The maximum Gasteiger partial charge on any atom is 0.271 e. The van der Waals surface area contributed by atoms with Gasteiger partial charge in [-0.15, -0.1) is 0 Å². The number of methoxy groups -OCH3 is 1. The van der Waals surface area contributed by atoms with Gasteiger partial charge >= 0.3 is 0 Å². The van der Waals surface area contributed by atoms with Crippen LogP contribution in [0.1, 0.15) is 13.3 Å². The molecule has 0 aliphatic heterocycles. The summed E-state index contributed by atoms with van der Waals surface area (Å²) in [6.45, 7) is 1.63. The zero-order valence-corrected chi connectivity index (χ0v) is 17.5. The van der Waals surface area contributed by atoms with Crippen molar-refractivity contribution in [3.8, 4) is 5.75 Å². The Kier molecular flexibility index (Phi) is 7.04. The van der Waals surface area contributed by atoms with Crippen molar-refractivity contribution >= 4 is 44.6 Å². The van der Waals surface area contributed by atoms with Crippen molar-refractivity contribution in [3.05, 3.63) is 57.6 Å². The number of sulfonamides is 1. The number of non-ortho nitro benzene ring substituents is 1. The number of nitrogens with zero attached hydrogens (tertiary/aromatic N) is 2. The van der Waals surface area contributed by atoms with Crippen LogP contribution >= 0.6 is 11.6 Å². The molecule has 2 aromatic rings. The van der Waals surface area contributed by atoms with Crippen molar-refractivity contribution in [1.82, 2.24) is 0 Å². The van der Waals surface area contributed by atoms with Gasteiger partial charge in [0.2, 0.25) is 15.9 Å². The molecule has 0 aliphatic rings. The molecule has 0 aliphatic carbocycles. The largest absolute Gasteiger partial charge is 0.495 e. The standard InChI is InChI=1S/C18H20ClN3O6S/c1-4-15(18(23)20-13-7-5-12(19)6-8-13)21(29(3,26)27)16-11-14(22(24)25)9-10-17(16)28-2/h5-11,15H,4H2,1-3H3,(H,20,23)/t15-/m1/s1. The Labute approximate surface area is 173 Å². The maximum atomic E-state index is 12.9. The van der Waals surface area contributed by atoms with Crippen molar-refractivity contribution in [1.29, 1.82) is 0 Å². The van der Waals surface area contributed by atoms with Gasteiger partial charge in [0.05, 0.1) is 18.3 Å². The second-order valence-corrected chi connectivity index (χ2v) is 8.39. The second-order valence-electron chi connectivity index (χ2n) is 6.09. The smallest absolute Gasteiger partial charge is 0.271 e. The quantitative estimate of drug-likeness (QED) is 0.495. The molecule has 2 aromatic carbocycles. The van der Waals surface area contributed by atoms with Crippen LogP contribution in [0.25, 0.3) is 0 Å². The van der Waals surface area contributed by atoms with Gasteiger partial charge in [-0.05, 0) is 36.8 Å². The van der Waals surface area contributed by atoms with Crippen molar-refractivity contribution in [2.75, 3.05) is 23.0 Å². The topological polar surface area (TPSA) is 119 Å². The lowest BCUT2D eigenvalue weighted by atomic mass is 10.1. The Bertz CT molecular complexity index is 1010. The van der Waals surface area contributed by atoms with Crippen molar-refractivity contribution in [2.45, 2.75) is 19.4 Å². The first-order valence-corrected chi connectivity index (χ1v) is 10.7. The number of hydrogen-bond acceptors (Lipinski definition) is 6. The number of halogens is 1. The summed E-state index contributed by atoms with van der Waals surface area (Å²) >= 11 is 5.83. The predicted molar refractivity (Wildman–Crippen MR) is 111 cm³/mol. The number of benzene rings is 2. The van der Waals surface area contributed by atoms with E-state index in [1.165, 1.54) is 19.2 Å². The fourth-order valence-electron chi connectivity index (χ4n) is 2.76. The van der Waals surface area contributed by atoms with Gasteiger partial charge in [-0.1, -0.05) is 18.5 Å². The molecule has 11 heteroatoms. The van der Waals surface area contributed by atoms with E-state index in [1.807, 2.05) is 0 Å². The minimum atomic E-state index is -4.00. The zero-order chi connectivity index (χ0) is 21.8. The van der Waals surface area contributed by atoms with Gasteiger partial charge in [-0.3, -0.25) is 19.2 Å². The number of anilines is 2. The molecule has 0 fully saturated rings. The molecule has 2 rings (SSSR count). The number of carbonyl (C=O) groups excluding carboxylic acids is 1. The van der Waals surface area contributed by atoms with Crippen LogP contribution in [-0.4, -0.2) is 38.7 Å². The van der Waals surface area contributed by atoms with Crippen LogP contribution in [0.15, 0.2) is 42.5 Å². The minimum Gasteiger partial charge on any atom is -0.495 e. The van der Waals surface area contributed by atoms with Crippen molar-refractivity contribution in [3.63, 3.8) is 0 Å². The summed E-state index contributed by atoms with van der Waals surface area (Å²) in [5.41, 5.74) is 0.00188. The first-order valence-electron chi connectivity index (χ1n) is 8.46. The molecular formula is C18H20ClN3O6S. The average Bonchev–Trinajstić information content (AvgIpc) is 2.66. The van der Waals surface area contributed by atoms with Crippen LogP contribution in [0.2, 0.25) is 5.02 Å². The molecule has 0 spiro atoms. The van der Waals surface area contributed by atoms with Crippen molar-refractivity contribution < 1.29 is 22.9 Å². The Morgan fingerprint density at radius 3 is 2.38 bits per heavy atom. The summed E-state index contributed by atoms with van der Waals surface area (Å²) < 4.78 is 31.2. The van der Waals surface area contributed by atoms with E-state index in [0.717, 1.165) is 16.6 Å². The minimum absolute atomic E-state index is 0.0822. The molecule has 29 heavy (non-hydrogen) atoms. The lowest BCUT2D eigenvalue weighted by molar-refractivity contribution is -0.384. The molecule has 1 amide bonds. The molecular weight excluding hydrogens is 422 g/mol. The van der Waals surface area contributed by atoms with Crippen LogP contribution in [0.4, 0.5) is 17.1 Å². The predicted octanol–water partition coefficient (Wildman–Crippen LogP) is 3.44. The summed E-state index contributed by atoms with van der Waals surface area (Å²) in [6.07, 6.45) is 1.03. The van der Waals surface area contributed by atoms with Crippen LogP contribution < -0.4 is 14.4 Å². The number of ether oxygens (including phenoxy) is 1. The number of carbonyl (C=O) groups is 1. The Hall–Kier alpha value is -2.85. The monoisotopic (exact) mass is 441 g/mol. The normalized spacial score (nSPS) is 12.1. The van der Waals surface area contributed by atoms with Gasteiger partial charge in [-0.2, -0.15) is 0 Å². The molecule has 156 valence electrons. The molecule has 1 N–H and O–H groups in total. The number of hydrogen-bond donors (Lipinski definition) is 1. The van der Waals surface area contributed by atoms with Gasteiger partial charge in [0.1, 0.15) is 17.5 Å². The summed E-state index contributed by atoms with van der Waals surface area (Å²) in [5, 5.41) is 14.3. The van der Waals surface area contributed by atoms with E-state index in [2.05, 4.69) is 5.32 Å². The third kappa shape index (κ3) is 5.36. The highest BCUT2D eigenvalue weighted by Gasteiger charge is 2.34. The summed E-state index contributed by atoms with van der Waals surface area (Å²) in [4.78, 5) is 23.4. The highest BCUT2D eigenvalue weighted by molar-refractivity contribution is 7.92. The highest BCUT2D eigenvalue weighted by Crippen LogP contribution is 2.35. The van der Waals surface area contributed by atoms with Crippen LogP contribution in [0, 0.1) is 10.1 Å². The van der Waals surface area contributed by atoms with E-state index < -0.39 is 26.9 Å². The Morgan fingerprint density at radius 2 is 1.90 bits per heavy atom. The molecule has 0 aromatic heterocycles.